The minimum absolute atomic E-state index is 0.307. The molecule has 0 saturated carbocycles. The van der Waals surface area contributed by atoms with E-state index >= 15 is 0 Å². The van der Waals surface area contributed by atoms with Crippen LogP contribution in [0.25, 0.3) is 0 Å². The van der Waals surface area contributed by atoms with E-state index in [1.165, 1.54) is 0 Å². The summed E-state index contributed by atoms with van der Waals surface area (Å²) in [4.78, 5) is 16.2. The van der Waals surface area contributed by atoms with Crippen LogP contribution < -0.4 is 11.3 Å². The highest BCUT2D eigenvalue weighted by Gasteiger charge is 2.31. The number of amides is 1. The molecule has 20 heavy (non-hydrogen) atoms. The maximum absolute atomic E-state index is 11.6. The number of hydrogen-bond acceptors (Lipinski definition) is 5. The van der Waals surface area contributed by atoms with Gasteiger partial charge in [0.05, 0.1) is 12.1 Å². The van der Waals surface area contributed by atoms with Crippen LogP contribution in [0.4, 0.5) is 0 Å². The number of carbonyl (C=O) groups is 1. The van der Waals surface area contributed by atoms with E-state index in [4.69, 9.17) is 10.3 Å². The molecule has 1 amide bonds. The Labute approximate surface area is 119 Å². The largest absolute Gasteiger partial charge is 0.464 e. The van der Waals surface area contributed by atoms with E-state index < -0.39 is 0 Å². The van der Waals surface area contributed by atoms with Crippen LogP contribution in [0.2, 0.25) is 0 Å². The van der Waals surface area contributed by atoms with Crippen molar-refractivity contribution in [2.75, 3.05) is 27.2 Å². The first kappa shape index (κ1) is 15.0. The molecule has 6 heteroatoms. The summed E-state index contributed by atoms with van der Waals surface area (Å²) in [5.41, 5.74) is 2.65. The molecule has 1 fully saturated rings. The third-order valence-electron chi connectivity index (χ3n) is 4.04. The van der Waals surface area contributed by atoms with Crippen molar-refractivity contribution in [2.24, 2.45) is 11.8 Å². The zero-order valence-corrected chi connectivity index (χ0v) is 12.6. The maximum Gasteiger partial charge on any atom is 0.268 e. The fourth-order valence-corrected chi connectivity index (χ4v) is 2.99. The van der Waals surface area contributed by atoms with Crippen LogP contribution in [0.3, 0.4) is 0 Å². The number of rotatable bonds is 4. The average Bonchev–Trinajstić information content (AvgIpc) is 2.92. The third-order valence-corrected chi connectivity index (χ3v) is 4.04. The van der Waals surface area contributed by atoms with Gasteiger partial charge >= 0.3 is 0 Å². The van der Waals surface area contributed by atoms with Crippen molar-refractivity contribution >= 4 is 5.91 Å². The highest BCUT2D eigenvalue weighted by atomic mass is 16.3. The van der Waals surface area contributed by atoms with Gasteiger partial charge in [-0.3, -0.25) is 15.1 Å². The van der Waals surface area contributed by atoms with Crippen LogP contribution in [0.5, 0.6) is 0 Å². The van der Waals surface area contributed by atoms with Gasteiger partial charge in [-0.05, 0) is 33.0 Å². The lowest BCUT2D eigenvalue weighted by Gasteiger charge is -2.22. The fraction of sp³-hybridized carbons (Fsp3) is 0.643. The van der Waals surface area contributed by atoms with Crippen molar-refractivity contribution < 1.29 is 9.21 Å². The number of likely N-dealkylation sites (tertiary alicyclic amines) is 1. The van der Waals surface area contributed by atoms with E-state index in [9.17, 15) is 4.79 Å². The molecule has 2 atom stereocenters. The molecule has 1 aliphatic rings. The first-order chi connectivity index (χ1) is 9.42. The summed E-state index contributed by atoms with van der Waals surface area (Å²) >= 11 is 0. The Morgan fingerprint density at radius 1 is 1.55 bits per heavy atom. The fourth-order valence-electron chi connectivity index (χ4n) is 2.99. The number of nitrogens with one attached hydrogen (secondary N) is 1. The molecular formula is C14H24N4O2. The molecule has 112 valence electrons. The van der Waals surface area contributed by atoms with E-state index in [-0.39, 0.29) is 5.91 Å². The molecule has 2 heterocycles. The molecule has 0 radical (unpaired) electrons. The lowest BCUT2D eigenvalue weighted by atomic mass is 10.1. The monoisotopic (exact) mass is 280 g/mol. The van der Waals surface area contributed by atoms with Crippen molar-refractivity contribution in [2.45, 2.75) is 26.4 Å². The van der Waals surface area contributed by atoms with Gasteiger partial charge in [0.1, 0.15) is 11.5 Å². The molecular weight excluding hydrogens is 256 g/mol. The number of hydrazine groups is 1. The van der Waals surface area contributed by atoms with Gasteiger partial charge in [0, 0.05) is 19.1 Å². The Morgan fingerprint density at radius 2 is 2.25 bits per heavy atom. The van der Waals surface area contributed by atoms with Crippen molar-refractivity contribution in [1.29, 1.82) is 0 Å². The number of nitrogen functional groups attached to an aromatic ring is 1. The summed E-state index contributed by atoms with van der Waals surface area (Å²) in [5.74, 6) is 6.91. The Balaban J connectivity index is 2.03. The number of furan rings is 1. The summed E-state index contributed by atoms with van der Waals surface area (Å²) in [6.45, 7) is 6.84. The molecule has 1 aromatic heterocycles. The molecule has 2 rings (SSSR count). The Hall–Kier alpha value is -1.37. The van der Waals surface area contributed by atoms with E-state index in [1.807, 2.05) is 0 Å². The standard InChI is InChI=1S/C14H24N4O2/c1-9-6-18(8-13(9)17(3)4)7-11-5-12(10(2)20-11)14(19)16-15/h5,9,13H,6-8,15H2,1-4H3,(H,16,19). The molecule has 0 aliphatic carbocycles. The second kappa shape index (κ2) is 5.95. The van der Waals surface area contributed by atoms with Crippen molar-refractivity contribution in [3.63, 3.8) is 0 Å². The quantitative estimate of drug-likeness (QED) is 0.479. The van der Waals surface area contributed by atoms with Gasteiger partial charge in [-0.15, -0.1) is 0 Å². The van der Waals surface area contributed by atoms with Gasteiger partial charge in [-0.25, -0.2) is 5.84 Å². The maximum atomic E-state index is 11.6. The van der Waals surface area contributed by atoms with Gasteiger partial charge in [0.25, 0.3) is 5.91 Å². The predicted octanol–water partition coefficient (Wildman–Crippen LogP) is 0.573. The van der Waals surface area contributed by atoms with Crippen molar-refractivity contribution in [3.05, 3.63) is 23.2 Å². The summed E-state index contributed by atoms with van der Waals surface area (Å²) < 4.78 is 5.66. The lowest BCUT2D eigenvalue weighted by molar-refractivity contribution is 0.0952. The molecule has 0 aromatic carbocycles. The van der Waals surface area contributed by atoms with Gasteiger partial charge < -0.3 is 9.32 Å². The first-order valence-electron chi connectivity index (χ1n) is 6.91. The zero-order chi connectivity index (χ0) is 14.9. The minimum Gasteiger partial charge on any atom is -0.464 e. The van der Waals surface area contributed by atoms with Crippen molar-refractivity contribution in [1.82, 2.24) is 15.2 Å². The van der Waals surface area contributed by atoms with Crippen LogP contribution in [0, 0.1) is 12.8 Å². The van der Waals surface area contributed by atoms with E-state index in [0.29, 0.717) is 23.3 Å². The second-order valence-corrected chi connectivity index (χ2v) is 5.86. The number of nitrogens with two attached hydrogens (primary N) is 1. The number of carbonyl (C=O) groups excluding carboxylic acids is 1. The second-order valence-electron chi connectivity index (χ2n) is 5.86. The predicted molar refractivity (Wildman–Crippen MR) is 77.0 cm³/mol. The molecule has 1 aromatic rings. The molecule has 0 bridgehead atoms. The lowest BCUT2D eigenvalue weighted by Crippen LogP contribution is -2.34. The minimum atomic E-state index is -0.307. The Bertz CT molecular complexity index is 484. The Morgan fingerprint density at radius 3 is 2.80 bits per heavy atom. The zero-order valence-electron chi connectivity index (χ0n) is 12.6. The topological polar surface area (TPSA) is 74.7 Å². The van der Waals surface area contributed by atoms with E-state index in [1.54, 1.807) is 13.0 Å². The van der Waals surface area contributed by atoms with Crippen LogP contribution in [-0.4, -0.2) is 48.9 Å². The summed E-state index contributed by atoms with van der Waals surface area (Å²) in [7, 11) is 4.23. The molecule has 6 nitrogen and oxygen atoms in total. The highest BCUT2D eigenvalue weighted by Crippen LogP contribution is 2.23. The summed E-state index contributed by atoms with van der Waals surface area (Å²) in [6, 6.07) is 2.35. The van der Waals surface area contributed by atoms with Crippen LogP contribution in [0.15, 0.2) is 10.5 Å². The van der Waals surface area contributed by atoms with Gasteiger partial charge in [0.2, 0.25) is 0 Å². The van der Waals surface area contributed by atoms with Crippen LogP contribution in [-0.2, 0) is 6.54 Å². The molecule has 2 unspecified atom stereocenters. The van der Waals surface area contributed by atoms with Gasteiger partial charge in [-0.1, -0.05) is 6.92 Å². The Kier molecular flexibility index (Phi) is 4.47. The van der Waals surface area contributed by atoms with Gasteiger partial charge in [0.15, 0.2) is 0 Å². The SMILES string of the molecule is Cc1oc(CN2CC(C)C(N(C)C)C2)cc1C(=O)NN. The number of likely N-dealkylation sites (N-methyl/N-ethyl adjacent to an activating group) is 1. The molecule has 1 aliphatic heterocycles. The molecule has 1 saturated heterocycles. The highest BCUT2D eigenvalue weighted by molar-refractivity contribution is 5.94. The van der Waals surface area contributed by atoms with Crippen LogP contribution >= 0.6 is 0 Å². The van der Waals surface area contributed by atoms with Crippen molar-refractivity contribution in [3.8, 4) is 0 Å². The number of nitrogens with zero attached hydrogens (tertiary/aromatic N) is 2. The summed E-state index contributed by atoms with van der Waals surface area (Å²) in [6.07, 6.45) is 0. The molecule has 3 N–H and O–H groups in total. The van der Waals surface area contributed by atoms with Gasteiger partial charge in [-0.2, -0.15) is 0 Å². The first-order valence-corrected chi connectivity index (χ1v) is 6.91. The third kappa shape index (κ3) is 3.03. The average molecular weight is 280 g/mol. The number of aryl methyl sites for hydroxylation is 1. The number of hydrogen-bond donors (Lipinski definition) is 2. The summed E-state index contributed by atoms with van der Waals surface area (Å²) in [5, 5.41) is 0. The normalized spacial score (nSPS) is 23.5. The smallest absolute Gasteiger partial charge is 0.268 e. The van der Waals surface area contributed by atoms with Crippen LogP contribution in [0.1, 0.15) is 28.8 Å². The van der Waals surface area contributed by atoms with E-state index in [0.717, 1.165) is 25.4 Å². The van der Waals surface area contributed by atoms with E-state index in [2.05, 4.69) is 36.2 Å². The molecule has 0 spiro atoms.